The van der Waals surface area contributed by atoms with Crippen molar-refractivity contribution in [2.45, 2.75) is 19.4 Å². The van der Waals surface area contributed by atoms with Gasteiger partial charge in [-0.2, -0.15) is 0 Å². The molecule has 0 heterocycles. The van der Waals surface area contributed by atoms with Crippen molar-refractivity contribution < 1.29 is 15.0 Å². The molecule has 4 nitrogen and oxygen atoms in total. The maximum atomic E-state index is 10.2. The van der Waals surface area contributed by atoms with Gasteiger partial charge in [0.25, 0.3) is 0 Å². The van der Waals surface area contributed by atoms with E-state index in [0.29, 0.717) is 6.42 Å². The highest BCUT2D eigenvalue weighted by Crippen LogP contribution is 2.04. The van der Waals surface area contributed by atoms with Gasteiger partial charge in [-0.3, -0.25) is 4.79 Å². The smallest absolute Gasteiger partial charge is 0.320 e. The molecule has 0 saturated carbocycles. The lowest BCUT2D eigenvalue weighted by Crippen LogP contribution is -2.36. The van der Waals surface area contributed by atoms with E-state index in [1.165, 1.54) is 0 Å². The van der Waals surface area contributed by atoms with Crippen molar-refractivity contribution in [3.8, 4) is 0 Å². The number of hydrogen-bond acceptors (Lipinski definition) is 3. The molecule has 0 fully saturated rings. The van der Waals surface area contributed by atoms with Gasteiger partial charge in [0.2, 0.25) is 0 Å². The molecule has 0 aliphatic rings. The number of rotatable bonds is 4. The van der Waals surface area contributed by atoms with Crippen molar-refractivity contribution >= 4 is 5.97 Å². The minimum atomic E-state index is -1.01. The molecule has 0 radical (unpaired) electrons. The van der Waals surface area contributed by atoms with Crippen LogP contribution in [-0.4, -0.2) is 28.8 Å². The molecule has 0 rings (SSSR count). The summed E-state index contributed by atoms with van der Waals surface area (Å²) in [4.78, 5) is 10.2. The number of carboxylic acid groups (broad SMARTS) is 1. The number of aliphatic hydroxyl groups is 1. The molecule has 60 valence electrons. The van der Waals surface area contributed by atoms with E-state index in [1.807, 2.05) is 0 Å². The Morgan fingerprint density at radius 1 is 1.70 bits per heavy atom. The molecule has 0 aromatic carbocycles. The van der Waals surface area contributed by atoms with E-state index in [2.05, 4.69) is 0 Å². The molecule has 0 spiro atoms. The normalized spacial score (nSPS) is 16.3. The van der Waals surface area contributed by atoms with Crippen LogP contribution in [0.15, 0.2) is 0 Å². The molecule has 4 N–H and O–H groups in total. The van der Waals surface area contributed by atoms with Gasteiger partial charge in [-0.05, 0) is 12.3 Å². The molecular weight excluding hydrogens is 134 g/mol. The topological polar surface area (TPSA) is 83.5 Å². The van der Waals surface area contributed by atoms with Crippen LogP contribution in [-0.2, 0) is 4.79 Å². The van der Waals surface area contributed by atoms with Crippen LogP contribution in [0.5, 0.6) is 0 Å². The van der Waals surface area contributed by atoms with E-state index >= 15 is 0 Å². The molecule has 0 unspecified atom stereocenters. The highest BCUT2D eigenvalue weighted by Gasteiger charge is 2.18. The maximum absolute atomic E-state index is 10.2. The highest BCUT2D eigenvalue weighted by atomic mass is 16.4. The third-order valence-corrected chi connectivity index (χ3v) is 1.48. The van der Waals surface area contributed by atoms with Gasteiger partial charge in [0.15, 0.2) is 0 Å². The van der Waals surface area contributed by atoms with Crippen LogP contribution >= 0.6 is 0 Å². The van der Waals surface area contributed by atoms with Crippen molar-refractivity contribution in [1.29, 1.82) is 0 Å². The van der Waals surface area contributed by atoms with Crippen LogP contribution < -0.4 is 5.73 Å². The number of aliphatic carboxylic acids is 1. The predicted molar refractivity (Wildman–Crippen MR) is 36.5 cm³/mol. The van der Waals surface area contributed by atoms with Gasteiger partial charge >= 0.3 is 5.97 Å². The average Bonchev–Trinajstić information content (AvgIpc) is 1.87. The minimum absolute atomic E-state index is 0.0118. The van der Waals surface area contributed by atoms with E-state index in [4.69, 9.17) is 15.9 Å². The largest absolute Gasteiger partial charge is 0.480 e. The van der Waals surface area contributed by atoms with Crippen molar-refractivity contribution in [3.63, 3.8) is 0 Å². The van der Waals surface area contributed by atoms with Crippen LogP contribution in [0.3, 0.4) is 0 Å². The summed E-state index contributed by atoms with van der Waals surface area (Å²) in [5.41, 5.74) is 5.24. The van der Waals surface area contributed by atoms with Crippen LogP contribution in [0.2, 0.25) is 0 Å². The molecule has 4 heteroatoms. The SMILES string of the molecule is C[C@H](CCO)[C@H](N)C(=O)O. The van der Waals surface area contributed by atoms with Gasteiger partial charge < -0.3 is 15.9 Å². The lowest BCUT2D eigenvalue weighted by atomic mass is 10.00. The first-order valence-corrected chi connectivity index (χ1v) is 3.18. The minimum Gasteiger partial charge on any atom is -0.480 e. The molecule has 0 aliphatic carbocycles. The van der Waals surface area contributed by atoms with Gasteiger partial charge in [-0.25, -0.2) is 0 Å². The Labute approximate surface area is 59.7 Å². The van der Waals surface area contributed by atoms with Crippen LogP contribution in [0, 0.1) is 5.92 Å². The van der Waals surface area contributed by atoms with Gasteiger partial charge in [-0.1, -0.05) is 6.92 Å². The molecule has 10 heavy (non-hydrogen) atoms. The Kier molecular flexibility index (Phi) is 3.99. The monoisotopic (exact) mass is 147 g/mol. The van der Waals surface area contributed by atoms with Gasteiger partial charge in [0, 0.05) is 6.61 Å². The molecule has 2 atom stereocenters. The van der Waals surface area contributed by atoms with E-state index < -0.39 is 12.0 Å². The zero-order valence-electron chi connectivity index (χ0n) is 5.95. The molecule has 0 amide bonds. The van der Waals surface area contributed by atoms with Crippen LogP contribution in [0.4, 0.5) is 0 Å². The zero-order valence-corrected chi connectivity index (χ0v) is 5.95. The van der Waals surface area contributed by atoms with Crippen molar-refractivity contribution in [1.82, 2.24) is 0 Å². The fraction of sp³-hybridized carbons (Fsp3) is 0.833. The first-order chi connectivity index (χ1) is 4.59. The summed E-state index contributed by atoms with van der Waals surface area (Å²) in [6, 6.07) is -0.854. The maximum Gasteiger partial charge on any atom is 0.320 e. The van der Waals surface area contributed by atoms with E-state index in [9.17, 15) is 4.79 Å². The van der Waals surface area contributed by atoms with E-state index in [0.717, 1.165) is 0 Å². The second kappa shape index (κ2) is 4.24. The third-order valence-electron chi connectivity index (χ3n) is 1.48. The quantitative estimate of drug-likeness (QED) is 0.496. The van der Waals surface area contributed by atoms with Gasteiger partial charge in [0.1, 0.15) is 6.04 Å². The third kappa shape index (κ3) is 2.80. The summed E-state index contributed by atoms with van der Waals surface area (Å²) < 4.78 is 0. The summed E-state index contributed by atoms with van der Waals surface area (Å²) in [6.07, 6.45) is 0.438. The Morgan fingerprint density at radius 2 is 2.20 bits per heavy atom. The molecule has 0 bridgehead atoms. The van der Waals surface area contributed by atoms with E-state index in [-0.39, 0.29) is 12.5 Å². The predicted octanol–water partition coefficient (Wildman–Crippen LogP) is -0.583. The summed E-state index contributed by atoms with van der Waals surface area (Å²) in [5, 5.41) is 16.8. The second-order valence-corrected chi connectivity index (χ2v) is 2.35. The van der Waals surface area contributed by atoms with Crippen molar-refractivity contribution in [3.05, 3.63) is 0 Å². The van der Waals surface area contributed by atoms with Crippen LogP contribution in [0.25, 0.3) is 0 Å². The summed E-state index contributed by atoms with van der Waals surface area (Å²) in [7, 11) is 0. The van der Waals surface area contributed by atoms with Crippen molar-refractivity contribution in [2.24, 2.45) is 11.7 Å². The summed E-state index contributed by atoms with van der Waals surface area (Å²) in [5.74, 6) is -1.18. The fourth-order valence-corrected chi connectivity index (χ4v) is 0.627. The Bertz CT molecular complexity index is 116. The average molecular weight is 147 g/mol. The molecular formula is C6H13NO3. The molecule has 0 aliphatic heterocycles. The zero-order chi connectivity index (χ0) is 8.15. The number of hydrogen-bond donors (Lipinski definition) is 3. The first-order valence-electron chi connectivity index (χ1n) is 3.18. The summed E-state index contributed by atoms with van der Waals surface area (Å²) in [6.45, 7) is 1.69. The second-order valence-electron chi connectivity index (χ2n) is 2.35. The fourth-order valence-electron chi connectivity index (χ4n) is 0.627. The number of carbonyl (C=O) groups is 1. The number of carboxylic acids is 1. The van der Waals surface area contributed by atoms with E-state index in [1.54, 1.807) is 6.92 Å². The van der Waals surface area contributed by atoms with Gasteiger partial charge in [-0.15, -0.1) is 0 Å². The van der Waals surface area contributed by atoms with Crippen molar-refractivity contribution in [2.75, 3.05) is 6.61 Å². The lowest BCUT2D eigenvalue weighted by Gasteiger charge is -2.13. The molecule has 0 saturated heterocycles. The van der Waals surface area contributed by atoms with Gasteiger partial charge in [0.05, 0.1) is 0 Å². The first kappa shape index (κ1) is 9.39. The Balaban J connectivity index is 3.69. The Morgan fingerprint density at radius 3 is 2.50 bits per heavy atom. The Hall–Kier alpha value is -0.610. The number of nitrogens with two attached hydrogens (primary N) is 1. The lowest BCUT2D eigenvalue weighted by molar-refractivity contribution is -0.139. The molecule has 0 aromatic rings. The highest BCUT2D eigenvalue weighted by molar-refractivity contribution is 5.73. The molecule has 0 aromatic heterocycles. The standard InChI is InChI=1S/C6H13NO3/c1-4(2-3-8)5(7)6(9)10/h4-5,8H,2-3,7H2,1H3,(H,9,10)/t4-,5+/m1/s1. The number of aliphatic hydroxyl groups excluding tert-OH is 1. The van der Waals surface area contributed by atoms with Crippen LogP contribution in [0.1, 0.15) is 13.3 Å². The summed E-state index contributed by atoms with van der Waals surface area (Å²) >= 11 is 0.